The van der Waals surface area contributed by atoms with Crippen molar-refractivity contribution < 1.29 is 22.4 Å². The number of hydrogen-bond donors (Lipinski definition) is 0. The number of benzene rings is 2. The van der Waals surface area contributed by atoms with E-state index in [2.05, 4.69) is 4.90 Å². The molecule has 2 aromatic carbocycles. The van der Waals surface area contributed by atoms with Crippen molar-refractivity contribution in [2.45, 2.75) is 32.1 Å². The van der Waals surface area contributed by atoms with Crippen LogP contribution in [0.4, 0.5) is 17.6 Å². The van der Waals surface area contributed by atoms with E-state index < -0.39 is 11.7 Å². The lowest BCUT2D eigenvalue weighted by Gasteiger charge is -2.40. The smallest absolute Gasteiger partial charge is 0.337 e. The summed E-state index contributed by atoms with van der Waals surface area (Å²) in [7, 11) is 0. The average molecular weight is 394 g/mol. The number of hydrogen-bond acceptors (Lipinski definition) is 2. The topological polar surface area (TPSA) is 23.6 Å². The number of carbonyl (C=O) groups is 1. The van der Waals surface area contributed by atoms with Crippen LogP contribution in [0.1, 0.15) is 23.6 Å². The summed E-state index contributed by atoms with van der Waals surface area (Å²) in [6, 6.07) is 11.2. The van der Waals surface area contributed by atoms with E-state index in [9.17, 15) is 22.4 Å². The molecule has 0 bridgehead atoms. The third-order valence-corrected chi connectivity index (χ3v) is 4.96. The summed E-state index contributed by atoms with van der Waals surface area (Å²) in [6.07, 6.45) is -4.15. The average Bonchev–Trinajstić information content (AvgIpc) is 2.63. The van der Waals surface area contributed by atoms with E-state index in [0.717, 1.165) is 11.6 Å². The van der Waals surface area contributed by atoms with Crippen LogP contribution >= 0.6 is 0 Å². The Kier molecular flexibility index (Phi) is 6.03. The van der Waals surface area contributed by atoms with E-state index in [1.54, 1.807) is 23.1 Å². The van der Waals surface area contributed by atoms with Gasteiger partial charge >= 0.3 is 6.18 Å². The molecule has 0 N–H and O–H groups in total. The first-order chi connectivity index (χ1) is 13.2. The number of alkyl halides is 3. The molecule has 1 heterocycles. The van der Waals surface area contributed by atoms with Gasteiger partial charge in [0.15, 0.2) is 0 Å². The van der Waals surface area contributed by atoms with Crippen molar-refractivity contribution in [3.05, 3.63) is 71.0 Å². The normalized spacial score (nSPS) is 18.3. The SMILES string of the molecule is C[C@H]1CN(Cc2cccc(C(F)(F)F)c2)CCN1C(=O)Cc1ccc(F)cc1. The maximum absolute atomic E-state index is 13.0. The summed E-state index contributed by atoms with van der Waals surface area (Å²) in [5.41, 5.74) is 0.712. The predicted molar refractivity (Wildman–Crippen MR) is 98.0 cm³/mol. The second-order valence-electron chi connectivity index (χ2n) is 7.17. The van der Waals surface area contributed by atoms with Gasteiger partial charge in [-0.15, -0.1) is 0 Å². The van der Waals surface area contributed by atoms with E-state index in [1.165, 1.54) is 24.3 Å². The van der Waals surface area contributed by atoms with E-state index in [0.29, 0.717) is 31.7 Å². The van der Waals surface area contributed by atoms with Gasteiger partial charge in [-0.3, -0.25) is 9.69 Å². The maximum atomic E-state index is 13.0. The van der Waals surface area contributed by atoms with Gasteiger partial charge in [0.2, 0.25) is 5.91 Å². The third kappa shape index (κ3) is 5.10. The highest BCUT2D eigenvalue weighted by molar-refractivity contribution is 5.79. The molecule has 2 aromatic rings. The number of carbonyl (C=O) groups excluding carboxylic acids is 1. The van der Waals surface area contributed by atoms with Crippen LogP contribution in [0.15, 0.2) is 48.5 Å². The van der Waals surface area contributed by atoms with E-state index in [1.807, 2.05) is 6.92 Å². The molecule has 0 unspecified atom stereocenters. The van der Waals surface area contributed by atoms with Crippen molar-refractivity contribution in [1.82, 2.24) is 9.80 Å². The van der Waals surface area contributed by atoms with Crippen molar-refractivity contribution in [3.8, 4) is 0 Å². The van der Waals surface area contributed by atoms with Gasteiger partial charge in [-0.2, -0.15) is 13.2 Å². The molecule has 0 saturated carbocycles. The molecule has 0 spiro atoms. The van der Waals surface area contributed by atoms with Gasteiger partial charge in [-0.1, -0.05) is 30.3 Å². The molecule has 3 nitrogen and oxygen atoms in total. The van der Waals surface area contributed by atoms with Crippen LogP contribution in [-0.2, 0) is 23.9 Å². The highest BCUT2D eigenvalue weighted by Gasteiger charge is 2.31. The van der Waals surface area contributed by atoms with E-state index >= 15 is 0 Å². The van der Waals surface area contributed by atoms with Crippen LogP contribution in [0.5, 0.6) is 0 Å². The summed E-state index contributed by atoms with van der Waals surface area (Å²) in [6.45, 7) is 4.04. The molecule has 0 aliphatic carbocycles. The lowest BCUT2D eigenvalue weighted by molar-refractivity contribution is -0.138. The minimum atomic E-state index is -4.35. The van der Waals surface area contributed by atoms with Gasteiger partial charge in [0.1, 0.15) is 5.82 Å². The molecule has 1 fully saturated rings. The standard InChI is InChI=1S/C21H22F4N2O/c1-15-13-26(14-17-3-2-4-18(11-17)21(23,24)25)9-10-27(15)20(28)12-16-5-7-19(22)8-6-16/h2-8,11,15H,9-10,12-14H2,1H3/t15-/m0/s1. The van der Waals surface area contributed by atoms with E-state index in [-0.39, 0.29) is 24.2 Å². The third-order valence-electron chi connectivity index (χ3n) is 4.96. The molecule has 7 heteroatoms. The van der Waals surface area contributed by atoms with Crippen LogP contribution in [0.25, 0.3) is 0 Å². The van der Waals surface area contributed by atoms with Crippen molar-refractivity contribution >= 4 is 5.91 Å². The molecule has 1 amide bonds. The highest BCUT2D eigenvalue weighted by atomic mass is 19.4. The number of nitrogens with zero attached hydrogens (tertiary/aromatic N) is 2. The molecular weight excluding hydrogens is 372 g/mol. The first-order valence-corrected chi connectivity index (χ1v) is 9.15. The maximum Gasteiger partial charge on any atom is 0.416 e. The van der Waals surface area contributed by atoms with Gasteiger partial charge in [0, 0.05) is 32.2 Å². The Bertz CT molecular complexity index is 820. The first kappa shape index (κ1) is 20.3. The quantitative estimate of drug-likeness (QED) is 0.729. The van der Waals surface area contributed by atoms with Gasteiger partial charge < -0.3 is 4.90 Å². The van der Waals surface area contributed by atoms with Crippen LogP contribution in [0.2, 0.25) is 0 Å². The van der Waals surface area contributed by atoms with Gasteiger partial charge in [-0.05, 0) is 36.2 Å². The van der Waals surface area contributed by atoms with Crippen molar-refractivity contribution in [3.63, 3.8) is 0 Å². The van der Waals surface area contributed by atoms with E-state index in [4.69, 9.17) is 0 Å². The second kappa shape index (κ2) is 8.31. The van der Waals surface area contributed by atoms with Gasteiger partial charge in [0.05, 0.1) is 12.0 Å². The summed E-state index contributed by atoms with van der Waals surface area (Å²) < 4.78 is 51.6. The fourth-order valence-electron chi connectivity index (χ4n) is 3.53. The molecule has 150 valence electrons. The second-order valence-corrected chi connectivity index (χ2v) is 7.17. The Morgan fingerprint density at radius 3 is 2.43 bits per heavy atom. The fourth-order valence-corrected chi connectivity index (χ4v) is 3.53. The Labute approximate surface area is 161 Å². The zero-order valence-corrected chi connectivity index (χ0v) is 15.5. The van der Waals surface area contributed by atoms with Gasteiger partial charge in [0.25, 0.3) is 0 Å². The van der Waals surface area contributed by atoms with Crippen molar-refractivity contribution in [1.29, 1.82) is 0 Å². The molecule has 0 radical (unpaired) electrons. The van der Waals surface area contributed by atoms with Gasteiger partial charge in [-0.25, -0.2) is 4.39 Å². The minimum absolute atomic E-state index is 0.0298. The molecule has 0 aromatic heterocycles. The predicted octanol–water partition coefficient (Wildman–Crippen LogP) is 4.12. The number of halogens is 4. The Hall–Kier alpha value is -2.41. The lowest BCUT2D eigenvalue weighted by atomic mass is 10.1. The minimum Gasteiger partial charge on any atom is -0.337 e. The summed E-state index contributed by atoms with van der Waals surface area (Å²) in [4.78, 5) is 16.4. The molecule has 1 aliphatic heterocycles. The Morgan fingerprint density at radius 1 is 1.07 bits per heavy atom. The Morgan fingerprint density at radius 2 is 1.79 bits per heavy atom. The van der Waals surface area contributed by atoms with Crippen LogP contribution in [0, 0.1) is 5.82 Å². The van der Waals surface area contributed by atoms with Crippen LogP contribution in [-0.4, -0.2) is 41.4 Å². The molecule has 3 rings (SSSR count). The van der Waals surface area contributed by atoms with Crippen molar-refractivity contribution in [2.75, 3.05) is 19.6 Å². The van der Waals surface area contributed by atoms with Crippen LogP contribution in [0.3, 0.4) is 0 Å². The highest BCUT2D eigenvalue weighted by Crippen LogP contribution is 2.30. The largest absolute Gasteiger partial charge is 0.416 e. The number of rotatable bonds is 4. The molecular formula is C21H22F4N2O. The zero-order chi connectivity index (χ0) is 20.3. The molecule has 1 aliphatic rings. The zero-order valence-electron chi connectivity index (χ0n) is 15.5. The van der Waals surface area contributed by atoms with Crippen molar-refractivity contribution in [2.24, 2.45) is 0 Å². The molecule has 28 heavy (non-hydrogen) atoms. The summed E-state index contributed by atoms with van der Waals surface area (Å²) >= 11 is 0. The monoisotopic (exact) mass is 394 g/mol. The fraction of sp³-hybridized carbons (Fsp3) is 0.381. The summed E-state index contributed by atoms with van der Waals surface area (Å²) in [5.74, 6) is -0.370. The molecule has 1 atom stereocenters. The number of piperazine rings is 1. The summed E-state index contributed by atoms with van der Waals surface area (Å²) in [5, 5.41) is 0. The van der Waals surface area contributed by atoms with Crippen LogP contribution < -0.4 is 0 Å². The first-order valence-electron chi connectivity index (χ1n) is 9.15. The molecule has 1 saturated heterocycles. The lowest BCUT2D eigenvalue weighted by Crippen LogP contribution is -2.54. The number of amides is 1. The Balaban J connectivity index is 1.57.